The van der Waals surface area contributed by atoms with Crippen molar-refractivity contribution in [2.45, 2.75) is 148 Å². The highest BCUT2D eigenvalue weighted by Gasteiger charge is 2.13. The van der Waals surface area contributed by atoms with Gasteiger partial charge in [-0.1, -0.05) is 89.5 Å². The van der Waals surface area contributed by atoms with E-state index < -0.39 is 5.97 Å². The Kier molecular flexibility index (Phi) is 23.9. The lowest BCUT2D eigenvalue weighted by atomic mass is 10.0. The zero-order valence-electron chi connectivity index (χ0n) is 21.7. The van der Waals surface area contributed by atoms with Gasteiger partial charge >= 0.3 is 11.9 Å². The van der Waals surface area contributed by atoms with E-state index in [0.29, 0.717) is 6.42 Å². The first-order valence-corrected chi connectivity index (χ1v) is 13.8. The molecule has 0 aromatic rings. The minimum Gasteiger partial charge on any atom is -0.481 e. The Hall–Kier alpha value is -1.58. The molecule has 0 bridgehead atoms. The van der Waals surface area contributed by atoms with Crippen LogP contribution in [0.1, 0.15) is 142 Å². The van der Waals surface area contributed by atoms with E-state index in [4.69, 9.17) is 9.84 Å². The first-order valence-electron chi connectivity index (χ1n) is 13.8. The van der Waals surface area contributed by atoms with E-state index in [-0.39, 0.29) is 18.5 Å². The van der Waals surface area contributed by atoms with Crippen LogP contribution in [0.15, 0.2) is 24.3 Å². The van der Waals surface area contributed by atoms with Gasteiger partial charge in [-0.15, -0.1) is 0 Å². The molecule has 0 aromatic heterocycles. The Morgan fingerprint density at radius 1 is 0.697 bits per heavy atom. The third kappa shape index (κ3) is 24.9. The molecule has 0 amide bonds. The summed E-state index contributed by atoms with van der Waals surface area (Å²) in [5, 5.41) is 8.67. The fraction of sp³-hybridized carbons (Fsp3) is 0.793. The molecular formula is C29H52O4. The highest BCUT2D eigenvalue weighted by molar-refractivity contribution is 5.69. The van der Waals surface area contributed by atoms with Crippen LogP contribution in [-0.2, 0) is 14.3 Å². The molecule has 0 radical (unpaired) electrons. The second kappa shape index (κ2) is 25.1. The van der Waals surface area contributed by atoms with Crippen LogP contribution in [0.2, 0.25) is 0 Å². The Morgan fingerprint density at radius 3 is 1.79 bits per heavy atom. The predicted molar refractivity (Wildman–Crippen MR) is 139 cm³/mol. The fourth-order valence-corrected chi connectivity index (χ4v) is 3.89. The lowest BCUT2D eigenvalue weighted by Crippen LogP contribution is -2.17. The van der Waals surface area contributed by atoms with Crippen LogP contribution in [0.25, 0.3) is 0 Å². The number of allylic oxidation sites excluding steroid dienone is 4. The van der Waals surface area contributed by atoms with Crippen LogP contribution < -0.4 is 0 Å². The fourth-order valence-electron chi connectivity index (χ4n) is 3.89. The summed E-state index contributed by atoms with van der Waals surface area (Å²) in [7, 11) is 0. The summed E-state index contributed by atoms with van der Waals surface area (Å²) in [6.07, 6.45) is 30.3. The average Bonchev–Trinajstić information content (AvgIpc) is 2.80. The van der Waals surface area contributed by atoms with E-state index >= 15 is 0 Å². The lowest BCUT2D eigenvalue weighted by molar-refractivity contribution is -0.149. The number of carboxylic acids is 1. The summed E-state index contributed by atoms with van der Waals surface area (Å²) in [5.74, 6) is -0.809. The van der Waals surface area contributed by atoms with E-state index in [9.17, 15) is 9.59 Å². The standard InChI is InChI=1S/C29H52O4/c1-3-5-6-7-8-9-10-11-12-13-14-15-16-18-21-24-27(33-29(32)4-2)25-22-19-17-20-23-26-28(30)31/h10-11,13-14,27H,3-9,12,15-26H2,1-2H3,(H,30,31)/b11-10-,14-13-. The van der Waals surface area contributed by atoms with Crippen molar-refractivity contribution in [2.24, 2.45) is 0 Å². The molecule has 0 saturated heterocycles. The van der Waals surface area contributed by atoms with Gasteiger partial charge in [0, 0.05) is 12.8 Å². The van der Waals surface area contributed by atoms with Crippen molar-refractivity contribution in [2.75, 3.05) is 0 Å². The minimum absolute atomic E-state index is 0.0409. The van der Waals surface area contributed by atoms with Crippen molar-refractivity contribution < 1.29 is 19.4 Å². The van der Waals surface area contributed by atoms with Gasteiger partial charge in [0.1, 0.15) is 6.10 Å². The first-order chi connectivity index (χ1) is 16.1. The maximum absolute atomic E-state index is 11.7. The average molecular weight is 465 g/mol. The van der Waals surface area contributed by atoms with Crippen LogP contribution in [-0.4, -0.2) is 23.1 Å². The van der Waals surface area contributed by atoms with Gasteiger partial charge < -0.3 is 9.84 Å². The van der Waals surface area contributed by atoms with E-state index in [1.165, 1.54) is 51.4 Å². The van der Waals surface area contributed by atoms with E-state index in [0.717, 1.165) is 64.2 Å². The molecule has 0 saturated carbocycles. The summed E-state index contributed by atoms with van der Waals surface area (Å²) < 4.78 is 5.64. The van der Waals surface area contributed by atoms with Crippen LogP contribution >= 0.6 is 0 Å². The minimum atomic E-state index is -0.711. The zero-order valence-corrected chi connectivity index (χ0v) is 21.7. The van der Waals surface area contributed by atoms with Crippen LogP contribution in [0.5, 0.6) is 0 Å². The van der Waals surface area contributed by atoms with Crippen molar-refractivity contribution in [3.05, 3.63) is 24.3 Å². The Morgan fingerprint density at radius 2 is 1.21 bits per heavy atom. The summed E-state index contributed by atoms with van der Waals surface area (Å²) in [6, 6.07) is 0. The van der Waals surface area contributed by atoms with Crippen molar-refractivity contribution in [1.29, 1.82) is 0 Å². The lowest BCUT2D eigenvalue weighted by Gasteiger charge is -2.17. The maximum atomic E-state index is 11.7. The highest BCUT2D eigenvalue weighted by atomic mass is 16.5. The Balaban J connectivity index is 3.77. The number of carbonyl (C=O) groups is 2. The van der Waals surface area contributed by atoms with Gasteiger partial charge in [0.05, 0.1) is 0 Å². The van der Waals surface area contributed by atoms with Gasteiger partial charge in [0.15, 0.2) is 0 Å². The molecule has 1 atom stereocenters. The van der Waals surface area contributed by atoms with Gasteiger partial charge in [-0.25, -0.2) is 0 Å². The second-order valence-electron chi connectivity index (χ2n) is 9.19. The molecule has 4 heteroatoms. The second-order valence-corrected chi connectivity index (χ2v) is 9.19. The SMILES string of the molecule is CCCCCCC/C=C\C/C=C\CCCCCC(CCCCCCCC(=O)O)OC(=O)CC. The van der Waals surface area contributed by atoms with E-state index in [1.54, 1.807) is 0 Å². The summed E-state index contributed by atoms with van der Waals surface area (Å²) in [6.45, 7) is 4.10. The third-order valence-corrected chi connectivity index (χ3v) is 5.98. The number of carboxylic acid groups (broad SMARTS) is 1. The van der Waals surface area contributed by atoms with E-state index in [1.807, 2.05) is 6.92 Å². The van der Waals surface area contributed by atoms with Crippen LogP contribution in [0.3, 0.4) is 0 Å². The molecule has 0 fully saturated rings. The van der Waals surface area contributed by atoms with Crippen molar-refractivity contribution in [3.8, 4) is 0 Å². The summed E-state index contributed by atoms with van der Waals surface area (Å²) in [4.78, 5) is 22.3. The number of esters is 1. The summed E-state index contributed by atoms with van der Waals surface area (Å²) >= 11 is 0. The highest BCUT2D eigenvalue weighted by Crippen LogP contribution is 2.17. The zero-order chi connectivity index (χ0) is 24.4. The maximum Gasteiger partial charge on any atom is 0.305 e. The van der Waals surface area contributed by atoms with Gasteiger partial charge in [-0.3, -0.25) is 9.59 Å². The van der Waals surface area contributed by atoms with Gasteiger partial charge in [0.25, 0.3) is 0 Å². The molecule has 0 aromatic carbocycles. The predicted octanol–water partition coefficient (Wildman–Crippen LogP) is 8.94. The third-order valence-electron chi connectivity index (χ3n) is 5.98. The Bertz CT molecular complexity index is 510. The number of aliphatic carboxylic acids is 1. The van der Waals surface area contributed by atoms with E-state index in [2.05, 4.69) is 31.2 Å². The largest absolute Gasteiger partial charge is 0.481 e. The first kappa shape index (κ1) is 31.4. The molecule has 0 aliphatic rings. The number of hydrogen-bond donors (Lipinski definition) is 1. The number of rotatable bonds is 24. The number of unbranched alkanes of at least 4 members (excludes halogenated alkanes) is 12. The molecular weight excluding hydrogens is 412 g/mol. The molecule has 4 nitrogen and oxygen atoms in total. The number of carbonyl (C=O) groups excluding carboxylic acids is 1. The smallest absolute Gasteiger partial charge is 0.305 e. The van der Waals surface area contributed by atoms with Crippen molar-refractivity contribution in [1.82, 2.24) is 0 Å². The monoisotopic (exact) mass is 464 g/mol. The topological polar surface area (TPSA) is 63.6 Å². The molecule has 33 heavy (non-hydrogen) atoms. The van der Waals surface area contributed by atoms with Gasteiger partial charge in [-0.2, -0.15) is 0 Å². The van der Waals surface area contributed by atoms with Crippen molar-refractivity contribution >= 4 is 11.9 Å². The molecule has 0 aliphatic heterocycles. The van der Waals surface area contributed by atoms with Crippen LogP contribution in [0.4, 0.5) is 0 Å². The van der Waals surface area contributed by atoms with Crippen LogP contribution in [0, 0.1) is 0 Å². The van der Waals surface area contributed by atoms with Gasteiger partial charge in [-0.05, 0) is 64.2 Å². The van der Waals surface area contributed by atoms with Gasteiger partial charge in [0.2, 0.25) is 0 Å². The molecule has 0 heterocycles. The molecule has 1 unspecified atom stereocenters. The quantitative estimate of drug-likeness (QED) is 0.0879. The molecule has 0 rings (SSSR count). The molecule has 0 aliphatic carbocycles. The molecule has 1 N–H and O–H groups in total. The Labute approximate surface area is 204 Å². The molecule has 0 spiro atoms. The number of ether oxygens (including phenoxy) is 1. The summed E-state index contributed by atoms with van der Waals surface area (Å²) in [5.41, 5.74) is 0. The molecule has 192 valence electrons. The normalized spacial score (nSPS) is 12.5. The van der Waals surface area contributed by atoms with Crippen molar-refractivity contribution in [3.63, 3.8) is 0 Å². The number of hydrogen-bond acceptors (Lipinski definition) is 3.